The van der Waals surface area contributed by atoms with Gasteiger partial charge in [0.05, 0.1) is 18.4 Å². The quantitative estimate of drug-likeness (QED) is 0.245. The number of phenols is 1. The number of nitrogens with zero attached hydrogens (tertiary/aromatic N) is 1. The molecular formula is C20H25N3O7S. The number of anilines is 1. The minimum Gasteiger partial charge on any atom is -0.508 e. The van der Waals surface area contributed by atoms with Crippen LogP contribution in [-0.2, 0) is 16.4 Å². The molecular weight excluding hydrogens is 426 g/mol. The van der Waals surface area contributed by atoms with Gasteiger partial charge in [0.25, 0.3) is 5.91 Å². The van der Waals surface area contributed by atoms with Gasteiger partial charge in [-0.05, 0) is 37.0 Å². The van der Waals surface area contributed by atoms with E-state index in [-0.39, 0.29) is 30.3 Å². The zero-order chi connectivity index (χ0) is 23.0. The lowest BCUT2D eigenvalue weighted by atomic mass is 9.95. The van der Waals surface area contributed by atoms with E-state index in [1.54, 1.807) is 12.1 Å². The van der Waals surface area contributed by atoms with E-state index in [1.165, 1.54) is 12.1 Å². The first-order valence-corrected chi connectivity index (χ1v) is 11.3. The Bertz CT molecular complexity index is 1010. The number of aromatic hydroxyl groups is 1. The van der Waals surface area contributed by atoms with Crippen molar-refractivity contribution in [3.8, 4) is 18.1 Å². The summed E-state index contributed by atoms with van der Waals surface area (Å²) in [5.41, 5.74) is 0.480. The molecule has 2 rings (SSSR count). The number of phenolic OH excluding ortho intramolecular Hbond substituents is 1. The first-order valence-electron chi connectivity index (χ1n) is 9.40. The first-order chi connectivity index (χ1) is 14.6. The van der Waals surface area contributed by atoms with Crippen LogP contribution in [0.25, 0.3) is 0 Å². The number of nitrogens with one attached hydrogen (secondary N) is 2. The number of amides is 1. The smallest absolute Gasteiger partial charge is 0.309 e. The summed E-state index contributed by atoms with van der Waals surface area (Å²) in [5.74, 6) is 1.79. The fourth-order valence-electron chi connectivity index (χ4n) is 2.82. The second kappa shape index (κ2) is 10.8. The second-order valence-corrected chi connectivity index (χ2v) is 8.77. The molecule has 1 aromatic carbocycles. The monoisotopic (exact) mass is 451 g/mol. The highest BCUT2D eigenvalue weighted by atomic mass is 32.2. The number of aliphatic hydroxyl groups excluding tert-OH is 2. The Morgan fingerprint density at radius 3 is 2.58 bits per heavy atom. The Kier molecular flexibility index (Phi) is 8.44. The third kappa shape index (κ3) is 7.93. The van der Waals surface area contributed by atoms with Crippen molar-refractivity contribution in [1.29, 1.82) is 0 Å². The molecule has 0 aliphatic rings. The Balaban J connectivity index is 2.15. The van der Waals surface area contributed by atoms with Gasteiger partial charge in [-0.1, -0.05) is 12.1 Å². The molecule has 2 aromatic rings. The number of aromatic nitrogens is 1. The number of unbranched alkanes of at least 4 members (excludes halogenated alkanes) is 1. The summed E-state index contributed by atoms with van der Waals surface area (Å²) in [5, 5.41) is 33.0. The highest BCUT2D eigenvalue weighted by Crippen LogP contribution is 2.17. The van der Waals surface area contributed by atoms with Crippen molar-refractivity contribution < 1.29 is 32.9 Å². The van der Waals surface area contributed by atoms with Crippen LogP contribution >= 0.6 is 0 Å². The van der Waals surface area contributed by atoms with Crippen LogP contribution < -0.4 is 10.0 Å². The van der Waals surface area contributed by atoms with Crippen molar-refractivity contribution in [3.05, 3.63) is 41.8 Å². The number of carbonyl (C=O) groups is 1. The zero-order valence-electron chi connectivity index (χ0n) is 16.9. The second-order valence-electron chi connectivity index (χ2n) is 7.02. The number of hydrogen-bond donors (Lipinski definition) is 5. The van der Waals surface area contributed by atoms with Gasteiger partial charge >= 0.3 is 6.01 Å². The number of sulfonamides is 1. The maximum Gasteiger partial charge on any atom is 0.309 e. The lowest BCUT2D eigenvalue weighted by Gasteiger charge is -2.27. The van der Waals surface area contributed by atoms with Gasteiger partial charge in [-0.3, -0.25) is 4.79 Å². The van der Waals surface area contributed by atoms with Crippen LogP contribution in [0.15, 0.2) is 34.9 Å². The summed E-state index contributed by atoms with van der Waals surface area (Å²) in [4.78, 5) is 16.4. The summed E-state index contributed by atoms with van der Waals surface area (Å²) in [6, 6.07) is 4.88. The van der Waals surface area contributed by atoms with Crippen molar-refractivity contribution in [2.45, 2.75) is 43.9 Å². The lowest BCUT2D eigenvalue weighted by Crippen LogP contribution is -2.49. The molecule has 0 bridgehead atoms. The van der Waals surface area contributed by atoms with Crippen LogP contribution in [0.5, 0.6) is 5.75 Å². The van der Waals surface area contributed by atoms with Gasteiger partial charge < -0.3 is 25.1 Å². The van der Waals surface area contributed by atoms with Gasteiger partial charge in [0.2, 0.25) is 10.0 Å². The van der Waals surface area contributed by atoms with Crippen molar-refractivity contribution in [2.75, 3.05) is 11.0 Å². The summed E-state index contributed by atoms with van der Waals surface area (Å²) < 4.78 is 29.4. The number of carbonyl (C=O) groups excluding carboxylic acids is 1. The molecule has 0 radical (unpaired) electrons. The molecule has 0 saturated carbocycles. The summed E-state index contributed by atoms with van der Waals surface area (Å²) in [6.07, 6.45) is 5.93. The van der Waals surface area contributed by atoms with Crippen LogP contribution in [0.3, 0.4) is 0 Å². The third-order valence-corrected chi connectivity index (χ3v) is 4.89. The number of rotatable bonds is 11. The molecule has 0 spiro atoms. The first kappa shape index (κ1) is 24.2. The zero-order valence-corrected chi connectivity index (χ0v) is 17.7. The van der Waals surface area contributed by atoms with E-state index in [9.17, 15) is 28.5 Å². The number of benzene rings is 1. The minimum absolute atomic E-state index is 0.0627. The molecule has 5 N–H and O–H groups in total. The summed E-state index contributed by atoms with van der Waals surface area (Å²) in [6.45, 7) is 0. The van der Waals surface area contributed by atoms with Gasteiger partial charge in [0.1, 0.15) is 18.1 Å². The van der Waals surface area contributed by atoms with Crippen LogP contribution in [-0.4, -0.2) is 59.1 Å². The van der Waals surface area contributed by atoms with Crippen LogP contribution in [0, 0.1) is 12.3 Å². The van der Waals surface area contributed by atoms with Gasteiger partial charge in [-0.25, -0.2) is 13.1 Å². The van der Waals surface area contributed by atoms with Gasteiger partial charge in [0, 0.05) is 6.42 Å². The fraction of sp³-hybridized carbons (Fsp3) is 0.400. The van der Waals surface area contributed by atoms with Crippen molar-refractivity contribution in [2.24, 2.45) is 0 Å². The maximum absolute atomic E-state index is 12.6. The number of terminal acetylenes is 1. The average molecular weight is 452 g/mol. The van der Waals surface area contributed by atoms with E-state index < -0.39 is 34.2 Å². The van der Waals surface area contributed by atoms with E-state index in [2.05, 4.69) is 16.2 Å². The van der Waals surface area contributed by atoms with Gasteiger partial charge in [-0.15, -0.1) is 12.3 Å². The maximum atomic E-state index is 12.6. The molecule has 168 valence electrons. The lowest BCUT2D eigenvalue weighted by molar-refractivity contribution is -0.00791. The molecule has 0 aliphatic heterocycles. The van der Waals surface area contributed by atoms with Crippen molar-refractivity contribution >= 4 is 21.9 Å². The van der Waals surface area contributed by atoms with E-state index in [0.29, 0.717) is 18.4 Å². The van der Waals surface area contributed by atoms with Crippen LogP contribution in [0.4, 0.5) is 6.01 Å². The highest BCUT2D eigenvalue weighted by Gasteiger charge is 2.29. The van der Waals surface area contributed by atoms with E-state index >= 15 is 0 Å². The molecule has 3 unspecified atom stereocenters. The van der Waals surface area contributed by atoms with Crippen molar-refractivity contribution in [1.82, 2.24) is 10.3 Å². The predicted octanol–water partition coefficient (Wildman–Crippen LogP) is 0.618. The molecule has 1 amide bonds. The average Bonchev–Trinajstić information content (AvgIpc) is 3.15. The molecule has 1 aromatic heterocycles. The molecule has 3 atom stereocenters. The molecule has 11 heteroatoms. The van der Waals surface area contributed by atoms with E-state index in [4.69, 9.17) is 10.8 Å². The summed E-state index contributed by atoms with van der Waals surface area (Å²) in [7, 11) is -3.64. The van der Waals surface area contributed by atoms with Gasteiger partial charge in [-0.2, -0.15) is 4.98 Å². The minimum atomic E-state index is -3.64. The number of hydrogen-bond acceptors (Lipinski definition) is 8. The third-order valence-electron chi connectivity index (χ3n) is 4.35. The standard InChI is InChI=1S/C20H25N3O7S/c1-3-4-5-6-17(25)18(26)15(11-13-7-9-14(24)10-8-13)21-19(27)16-12-30-20(22-16)23-31(2,28)29/h1,7-10,12,15,17-18,24-26H,4-6,11H2,2H3,(H,21,27)(H,22,23). The predicted molar refractivity (Wildman–Crippen MR) is 113 cm³/mol. The normalized spacial score (nSPS) is 14.3. The van der Waals surface area contributed by atoms with E-state index in [0.717, 1.165) is 12.5 Å². The Labute approximate surface area is 180 Å². The topological polar surface area (TPSA) is 162 Å². The van der Waals surface area contributed by atoms with E-state index in [1.807, 2.05) is 4.72 Å². The Morgan fingerprint density at radius 1 is 1.29 bits per heavy atom. The Morgan fingerprint density at radius 2 is 1.97 bits per heavy atom. The fourth-order valence-corrected chi connectivity index (χ4v) is 3.23. The highest BCUT2D eigenvalue weighted by molar-refractivity contribution is 7.91. The number of aliphatic hydroxyl groups is 2. The van der Waals surface area contributed by atoms with Crippen LogP contribution in [0.1, 0.15) is 35.3 Å². The summed E-state index contributed by atoms with van der Waals surface area (Å²) >= 11 is 0. The molecule has 31 heavy (non-hydrogen) atoms. The van der Waals surface area contributed by atoms with Crippen LogP contribution in [0.2, 0.25) is 0 Å². The number of oxazole rings is 1. The Hall–Kier alpha value is -3.07. The molecule has 10 nitrogen and oxygen atoms in total. The molecule has 0 aliphatic carbocycles. The largest absolute Gasteiger partial charge is 0.508 e. The van der Waals surface area contributed by atoms with Crippen molar-refractivity contribution in [3.63, 3.8) is 0 Å². The van der Waals surface area contributed by atoms with Gasteiger partial charge in [0.15, 0.2) is 5.69 Å². The molecule has 0 fully saturated rings. The molecule has 1 heterocycles. The molecule has 0 saturated heterocycles. The SMILES string of the molecule is C#CCCCC(O)C(O)C(Cc1ccc(O)cc1)NC(=O)c1coc(NS(C)(=O)=O)n1.